The van der Waals surface area contributed by atoms with Gasteiger partial charge in [-0.1, -0.05) is 101 Å². The SMILES string of the molecule is CCCCCCCCCCCCc1ccccc1C(CC(=O)OC)Sc1nnnn1CC(=O)O. The van der Waals surface area contributed by atoms with Gasteiger partial charge in [0.05, 0.1) is 13.5 Å². The van der Waals surface area contributed by atoms with Crippen LogP contribution in [0.5, 0.6) is 0 Å². The highest BCUT2D eigenvalue weighted by atomic mass is 32.2. The molecule has 188 valence electrons. The molecule has 0 radical (unpaired) electrons. The summed E-state index contributed by atoms with van der Waals surface area (Å²) in [6.07, 6.45) is 13.9. The van der Waals surface area contributed by atoms with Crippen molar-refractivity contribution in [2.24, 2.45) is 0 Å². The third-order valence-corrected chi connectivity index (χ3v) is 7.02. The zero-order valence-corrected chi connectivity index (χ0v) is 21.3. The number of unbranched alkanes of at least 4 members (excludes halogenated alkanes) is 9. The maximum absolute atomic E-state index is 12.2. The Morgan fingerprint density at radius 1 is 1.03 bits per heavy atom. The predicted molar refractivity (Wildman–Crippen MR) is 133 cm³/mol. The predicted octanol–water partition coefficient (Wildman–Crippen LogP) is 5.62. The smallest absolute Gasteiger partial charge is 0.325 e. The van der Waals surface area contributed by atoms with E-state index in [9.17, 15) is 9.59 Å². The van der Waals surface area contributed by atoms with Crippen LogP contribution in [-0.4, -0.2) is 44.4 Å². The first-order valence-corrected chi connectivity index (χ1v) is 13.2. The summed E-state index contributed by atoms with van der Waals surface area (Å²) in [4.78, 5) is 23.3. The van der Waals surface area contributed by atoms with E-state index in [4.69, 9.17) is 9.84 Å². The third kappa shape index (κ3) is 10.2. The topological polar surface area (TPSA) is 107 Å². The van der Waals surface area contributed by atoms with Gasteiger partial charge in [0.1, 0.15) is 6.54 Å². The van der Waals surface area contributed by atoms with Crippen molar-refractivity contribution in [3.8, 4) is 0 Å². The molecule has 34 heavy (non-hydrogen) atoms. The second-order valence-electron chi connectivity index (χ2n) is 8.53. The minimum absolute atomic E-state index is 0.149. The van der Waals surface area contributed by atoms with Crippen LogP contribution < -0.4 is 0 Å². The van der Waals surface area contributed by atoms with Gasteiger partial charge in [0.15, 0.2) is 0 Å². The number of methoxy groups -OCH3 is 1. The van der Waals surface area contributed by atoms with Crippen LogP contribution in [0.15, 0.2) is 29.4 Å². The van der Waals surface area contributed by atoms with Crippen LogP contribution in [0.4, 0.5) is 0 Å². The molecule has 1 unspecified atom stereocenters. The van der Waals surface area contributed by atoms with Gasteiger partial charge < -0.3 is 9.84 Å². The number of aryl methyl sites for hydroxylation is 1. The van der Waals surface area contributed by atoms with Gasteiger partial charge in [-0.25, -0.2) is 4.68 Å². The zero-order chi connectivity index (χ0) is 24.6. The number of carbonyl (C=O) groups excluding carboxylic acids is 1. The molecule has 1 N–H and O–H groups in total. The van der Waals surface area contributed by atoms with Crippen LogP contribution in [0.1, 0.15) is 93.9 Å². The number of ether oxygens (including phenoxy) is 1. The van der Waals surface area contributed by atoms with Gasteiger partial charge in [0.25, 0.3) is 0 Å². The van der Waals surface area contributed by atoms with E-state index in [0.29, 0.717) is 5.16 Å². The number of hydrogen-bond donors (Lipinski definition) is 1. The quantitative estimate of drug-likeness (QED) is 0.163. The molecule has 9 heteroatoms. The van der Waals surface area contributed by atoms with Crippen molar-refractivity contribution in [2.75, 3.05) is 7.11 Å². The Hall–Kier alpha value is -2.42. The number of carboxylic acids is 1. The Labute approximate surface area is 206 Å². The van der Waals surface area contributed by atoms with Crippen LogP contribution >= 0.6 is 11.8 Å². The average molecular weight is 491 g/mol. The first-order valence-electron chi connectivity index (χ1n) is 12.3. The van der Waals surface area contributed by atoms with Gasteiger partial charge in [-0.05, 0) is 34.4 Å². The van der Waals surface area contributed by atoms with E-state index in [1.54, 1.807) is 0 Å². The number of tetrazole rings is 1. The van der Waals surface area contributed by atoms with E-state index >= 15 is 0 Å². The maximum Gasteiger partial charge on any atom is 0.325 e. The maximum atomic E-state index is 12.2. The molecular weight excluding hydrogens is 452 g/mol. The van der Waals surface area contributed by atoms with Gasteiger partial charge in [-0.3, -0.25) is 9.59 Å². The molecule has 1 heterocycles. The lowest BCUT2D eigenvalue weighted by molar-refractivity contribution is -0.141. The molecule has 0 spiro atoms. The molecule has 0 bridgehead atoms. The summed E-state index contributed by atoms with van der Waals surface area (Å²) in [5.41, 5.74) is 2.24. The average Bonchev–Trinajstić information content (AvgIpc) is 3.25. The highest BCUT2D eigenvalue weighted by molar-refractivity contribution is 7.99. The monoisotopic (exact) mass is 490 g/mol. The highest BCUT2D eigenvalue weighted by Crippen LogP contribution is 2.39. The number of aromatic nitrogens is 4. The normalized spacial score (nSPS) is 11.9. The van der Waals surface area contributed by atoms with E-state index in [2.05, 4.69) is 28.5 Å². The van der Waals surface area contributed by atoms with Crippen molar-refractivity contribution in [1.82, 2.24) is 20.2 Å². The lowest BCUT2D eigenvalue weighted by Gasteiger charge is -2.19. The van der Waals surface area contributed by atoms with E-state index in [1.807, 2.05) is 18.2 Å². The zero-order valence-electron chi connectivity index (χ0n) is 20.4. The Morgan fingerprint density at radius 2 is 1.68 bits per heavy atom. The molecule has 0 aliphatic carbocycles. The first-order chi connectivity index (χ1) is 16.5. The van der Waals surface area contributed by atoms with E-state index in [1.165, 1.54) is 86.9 Å². The van der Waals surface area contributed by atoms with Gasteiger partial charge in [-0.15, -0.1) is 5.10 Å². The molecule has 1 aromatic heterocycles. The van der Waals surface area contributed by atoms with E-state index < -0.39 is 5.97 Å². The summed E-state index contributed by atoms with van der Waals surface area (Å²) >= 11 is 1.30. The van der Waals surface area contributed by atoms with Crippen LogP contribution in [0.3, 0.4) is 0 Å². The molecule has 0 fully saturated rings. The molecule has 0 amide bonds. The molecule has 8 nitrogen and oxygen atoms in total. The van der Waals surface area contributed by atoms with Crippen LogP contribution in [0.25, 0.3) is 0 Å². The molecule has 2 aromatic rings. The fraction of sp³-hybridized carbons (Fsp3) is 0.640. The summed E-state index contributed by atoms with van der Waals surface area (Å²) in [5.74, 6) is -1.36. The second-order valence-corrected chi connectivity index (χ2v) is 9.70. The van der Waals surface area contributed by atoms with Crippen molar-refractivity contribution in [1.29, 1.82) is 0 Å². The molecule has 0 aliphatic heterocycles. The minimum Gasteiger partial charge on any atom is -0.480 e. The Balaban J connectivity index is 1.96. The molecule has 1 aromatic carbocycles. The first kappa shape index (κ1) is 27.8. The van der Waals surface area contributed by atoms with Crippen molar-refractivity contribution in [2.45, 2.75) is 101 Å². The number of benzene rings is 1. The number of carboxylic acid groups (broad SMARTS) is 1. The largest absolute Gasteiger partial charge is 0.480 e. The number of thioether (sulfide) groups is 1. The second kappa shape index (κ2) is 16.2. The number of rotatable bonds is 18. The number of carbonyl (C=O) groups is 2. The number of aliphatic carboxylic acids is 1. The fourth-order valence-electron chi connectivity index (χ4n) is 3.96. The molecule has 1 atom stereocenters. The molecule has 0 saturated heterocycles. The van der Waals surface area contributed by atoms with Gasteiger partial charge >= 0.3 is 11.9 Å². The van der Waals surface area contributed by atoms with E-state index in [0.717, 1.165) is 18.4 Å². The van der Waals surface area contributed by atoms with E-state index in [-0.39, 0.29) is 24.2 Å². The summed E-state index contributed by atoms with van der Waals surface area (Å²) in [6, 6.07) is 8.11. The summed E-state index contributed by atoms with van der Waals surface area (Å²) in [5, 5.41) is 20.6. The minimum atomic E-state index is -1.03. The lowest BCUT2D eigenvalue weighted by atomic mass is 9.97. The molecule has 0 saturated carbocycles. The molecule has 2 rings (SSSR count). The fourth-order valence-corrected chi connectivity index (χ4v) is 5.10. The van der Waals surface area contributed by atoms with Gasteiger partial charge in [0, 0.05) is 5.25 Å². The standard InChI is InChI=1S/C25H38N4O4S/c1-3-4-5-6-7-8-9-10-11-12-15-20-16-13-14-17-21(20)22(18-24(32)33-2)34-25-26-27-28-29(25)19-23(30)31/h13-14,16-17,22H,3-12,15,18-19H2,1-2H3,(H,30,31). The van der Waals surface area contributed by atoms with Crippen LogP contribution in [0.2, 0.25) is 0 Å². The number of esters is 1. The van der Waals surface area contributed by atoms with Crippen molar-refractivity contribution >= 4 is 23.7 Å². The van der Waals surface area contributed by atoms with Crippen LogP contribution in [0, 0.1) is 0 Å². The summed E-state index contributed by atoms with van der Waals surface area (Å²) in [6.45, 7) is 1.91. The number of hydrogen-bond acceptors (Lipinski definition) is 7. The van der Waals surface area contributed by atoms with Crippen molar-refractivity contribution < 1.29 is 19.4 Å². The third-order valence-electron chi connectivity index (χ3n) is 5.81. The molecule has 0 aliphatic rings. The Morgan fingerprint density at radius 3 is 2.32 bits per heavy atom. The van der Waals surface area contributed by atoms with Crippen molar-refractivity contribution in [3.63, 3.8) is 0 Å². The Bertz CT molecular complexity index is 874. The number of nitrogens with zero attached hydrogens (tertiary/aromatic N) is 4. The van der Waals surface area contributed by atoms with Crippen LogP contribution in [-0.2, 0) is 27.3 Å². The van der Waals surface area contributed by atoms with Gasteiger partial charge in [0.2, 0.25) is 5.16 Å². The lowest BCUT2D eigenvalue weighted by Crippen LogP contribution is -2.13. The highest BCUT2D eigenvalue weighted by Gasteiger charge is 2.24. The summed E-state index contributed by atoms with van der Waals surface area (Å²) < 4.78 is 6.16. The molecular formula is C25H38N4O4S. The van der Waals surface area contributed by atoms with Crippen molar-refractivity contribution in [3.05, 3.63) is 35.4 Å². The summed E-state index contributed by atoms with van der Waals surface area (Å²) in [7, 11) is 1.37. The Kier molecular flexibility index (Phi) is 13.3. The van der Waals surface area contributed by atoms with Gasteiger partial charge in [-0.2, -0.15) is 0 Å².